The summed E-state index contributed by atoms with van der Waals surface area (Å²) in [5.74, 6) is 0. The van der Waals surface area contributed by atoms with Gasteiger partial charge in [-0.2, -0.15) is 0 Å². The van der Waals surface area contributed by atoms with Crippen molar-refractivity contribution in [3.63, 3.8) is 0 Å². The summed E-state index contributed by atoms with van der Waals surface area (Å²) in [6.07, 6.45) is 5.36. The van der Waals surface area contributed by atoms with Crippen LogP contribution < -0.4 is 35.3 Å². The molecule has 7 nitrogen and oxygen atoms in total. The molecule has 0 spiro atoms. The summed E-state index contributed by atoms with van der Waals surface area (Å²) < 4.78 is 35.1. The Morgan fingerprint density at radius 3 is 2.22 bits per heavy atom. The third kappa shape index (κ3) is 5.48. The molecule has 0 fully saturated rings. The molecule has 154 valence electrons. The van der Waals surface area contributed by atoms with Gasteiger partial charge < -0.3 is 10.3 Å². The summed E-state index contributed by atoms with van der Waals surface area (Å²) in [7, 11) is -4.71. The van der Waals surface area contributed by atoms with Gasteiger partial charge in [0.25, 0.3) is 0 Å². The van der Waals surface area contributed by atoms with E-state index in [0.717, 1.165) is 17.3 Å². The molecule has 0 bridgehead atoms. The second-order valence-electron chi connectivity index (χ2n) is 6.69. The summed E-state index contributed by atoms with van der Waals surface area (Å²) in [6.45, 7) is 0. The van der Waals surface area contributed by atoms with Crippen LogP contribution in [0.4, 0.5) is 17.1 Å². The molecule has 32 heavy (non-hydrogen) atoms. The van der Waals surface area contributed by atoms with Gasteiger partial charge in [-0.1, -0.05) is 60.7 Å². The Kier molecular flexibility index (Phi) is 7.55. The number of azo groups is 1. The molecule has 0 amide bonds. The third-order valence-corrected chi connectivity index (χ3v) is 5.46. The second kappa shape index (κ2) is 10.2. The maximum Gasteiger partial charge on any atom is 1.00 e. The topological polar surface area (TPSA) is 121 Å². The first kappa shape index (κ1) is 23.8. The predicted octanol–water partition coefficient (Wildman–Crippen LogP) is 2.31. The number of benzene rings is 3. The molecule has 0 saturated carbocycles. The average Bonchev–Trinajstić information content (AvgIpc) is 2.78. The van der Waals surface area contributed by atoms with Gasteiger partial charge in [0.05, 0.1) is 22.5 Å². The van der Waals surface area contributed by atoms with Crippen molar-refractivity contribution in [1.82, 2.24) is 4.98 Å². The summed E-state index contributed by atoms with van der Waals surface area (Å²) in [5.41, 5.74) is 8.73. The van der Waals surface area contributed by atoms with Crippen LogP contribution in [-0.2, 0) is 10.1 Å². The van der Waals surface area contributed by atoms with Crippen molar-refractivity contribution in [3.05, 3.63) is 90.3 Å². The summed E-state index contributed by atoms with van der Waals surface area (Å²) in [6, 6.07) is 21.0. The second-order valence-corrected chi connectivity index (χ2v) is 8.04. The zero-order chi connectivity index (χ0) is 21.8. The molecule has 4 aromatic rings. The van der Waals surface area contributed by atoms with E-state index < -0.39 is 10.1 Å². The van der Waals surface area contributed by atoms with Gasteiger partial charge in [0.15, 0.2) is 0 Å². The van der Waals surface area contributed by atoms with Crippen LogP contribution in [0, 0.1) is 0 Å². The number of hydrogen-bond donors (Lipinski definition) is 1. The van der Waals surface area contributed by atoms with Crippen LogP contribution in [0.15, 0.2) is 94.1 Å². The van der Waals surface area contributed by atoms with Crippen molar-refractivity contribution >= 4 is 50.1 Å². The molecule has 3 aromatic carbocycles. The first-order chi connectivity index (χ1) is 14.9. The van der Waals surface area contributed by atoms with Crippen molar-refractivity contribution in [2.75, 3.05) is 5.73 Å². The first-order valence-corrected chi connectivity index (χ1v) is 10.7. The minimum Gasteiger partial charge on any atom is -0.744 e. The van der Waals surface area contributed by atoms with Crippen LogP contribution in [0.3, 0.4) is 0 Å². The van der Waals surface area contributed by atoms with Crippen molar-refractivity contribution in [2.45, 2.75) is 4.90 Å². The standard InChI is InChI=1S/C23H18N4O3S.Na/c24-23-20-9-5-4-8-19(20)22(31(28,29)30)14-21(23)27-26-18-13-12-17(25-15-18)11-10-16-6-2-1-3-7-16;/h1-15H,24H2,(H,28,29,30);/q;+1/p-1/b11-10+,27-26?;. The number of anilines is 1. The number of pyridine rings is 1. The zero-order valence-electron chi connectivity index (χ0n) is 17.2. The van der Waals surface area contributed by atoms with E-state index in [4.69, 9.17) is 5.73 Å². The number of nitrogens with two attached hydrogens (primary N) is 1. The molecule has 0 saturated heterocycles. The molecule has 1 aromatic heterocycles. The summed E-state index contributed by atoms with van der Waals surface area (Å²) in [4.78, 5) is 3.93. The Labute approximate surface area is 207 Å². The maximum atomic E-state index is 11.7. The van der Waals surface area contributed by atoms with Crippen LogP contribution in [-0.4, -0.2) is 18.0 Å². The van der Waals surface area contributed by atoms with Gasteiger partial charge >= 0.3 is 29.6 Å². The fraction of sp³-hybridized carbons (Fsp3) is 0. The number of nitrogens with zero attached hydrogens (tertiary/aromatic N) is 3. The molecule has 0 aliphatic rings. The molecule has 4 rings (SSSR count). The van der Waals surface area contributed by atoms with Gasteiger partial charge in [-0.25, -0.2) is 8.42 Å². The summed E-state index contributed by atoms with van der Waals surface area (Å²) in [5, 5.41) is 8.83. The van der Waals surface area contributed by atoms with E-state index in [9.17, 15) is 13.0 Å². The smallest absolute Gasteiger partial charge is 0.744 e. The number of fused-ring (bicyclic) bond motifs is 1. The van der Waals surface area contributed by atoms with E-state index in [1.807, 2.05) is 42.5 Å². The third-order valence-electron chi connectivity index (χ3n) is 4.59. The number of aromatic nitrogens is 1. The summed E-state index contributed by atoms with van der Waals surface area (Å²) >= 11 is 0. The van der Waals surface area contributed by atoms with Gasteiger partial charge in [0.1, 0.15) is 21.5 Å². The normalized spacial score (nSPS) is 11.8. The molecule has 0 radical (unpaired) electrons. The monoisotopic (exact) mass is 452 g/mol. The van der Waals surface area contributed by atoms with Crippen LogP contribution in [0.5, 0.6) is 0 Å². The van der Waals surface area contributed by atoms with Gasteiger partial charge in [-0.15, -0.1) is 10.2 Å². The molecule has 1 heterocycles. The molecule has 0 aliphatic heterocycles. The molecule has 2 N–H and O–H groups in total. The molecule has 0 atom stereocenters. The van der Waals surface area contributed by atoms with Gasteiger partial charge in [0.2, 0.25) is 0 Å². The van der Waals surface area contributed by atoms with E-state index in [-0.39, 0.29) is 51.2 Å². The van der Waals surface area contributed by atoms with Crippen molar-refractivity contribution in [1.29, 1.82) is 0 Å². The fourth-order valence-electron chi connectivity index (χ4n) is 3.05. The molecular weight excluding hydrogens is 435 g/mol. The Morgan fingerprint density at radius 2 is 1.56 bits per heavy atom. The SMILES string of the molecule is Nc1c(N=Nc2ccc(/C=C/c3ccccc3)nc2)cc(S(=O)(=O)[O-])c2ccccc12.[Na+]. The van der Waals surface area contributed by atoms with Crippen molar-refractivity contribution in [3.8, 4) is 0 Å². The Hall–Kier alpha value is -2.88. The van der Waals surface area contributed by atoms with Gasteiger partial charge in [-0.3, -0.25) is 4.98 Å². The van der Waals surface area contributed by atoms with E-state index in [1.54, 1.807) is 30.3 Å². The van der Waals surface area contributed by atoms with Crippen LogP contribution in [0.1, 0.15) is 11.3 Å². The quantitative estimate of drug-likeness (QED) is 0.216. The number of rotatable bonds is 5. The first-order valence-electron chi connectivity index (χ1n) is 9.30. The fourth-order valence-corrected chi connectivity index (χ4v) is 3.76. The molecule has 0 aliphatic carbocycles. The largest absolute Gasteiger partial charge is 1.00 e. The van der Waals surface area contributed by atoms with Gasteiger partial charge in [0, 0.05) is 10.8 Å². The zero-order valence-corrected chi connectivity index (χ0v) is 20.0. The molecular formula is C23H17N4NaO3S. The number of hydrogen-bond acceptors (Lipinski definition) is 7. The van der Waals surface area contributed by atoms with Gasteiger partial charge in [-0.05, 0) is 29.8 Å². The maximum absolute atomic E-state index is 11.7. The van der Waals surface area contributed by atoms with E-state index in [0.29, 0.717) is 11.1 Å². The Bertz CT molecular complexity index is 1400. The van der Waals surface area contributed by atoms with Crippen molar-refractivity contribution < 1.29 is 42.5 Å². The molecule has 9 heteroatoms. The number of nitrogen functional groups attached to an aromatic ring is 1. The Morgan fingerprint density at radius 1 is 0.875 bits per heavy atom. The van der Waals surface area contributed by atoms with Crippen molar-refractivity contribution in [2.24, 2.45) is 10.2 Å². The average molecular weight is 452 g/mol. The van der Waals surface area contributed by atoms with Crippen LogP contribution >= 0.6 is 0 Å². The minimum atomic E-state index is -4.71. The van der Waals surface area contributed by atoms with Crippen LogP contribution in [0.25, 0.3) is 22.9 Å². The Balaban J connectivity index is 0.00000289. The van der Waals surface area contributed by atoms with E-state index in [1.165, 1.54) is 12.3 Å². The van der Waals surface area contributed by atoms with E-state index in [2.05, 4.69) is 15.2 Å². The predicted molar refractivity (Wildman–Crippen MR) is 120 cm³/mol. The van der Waals surface area contributed by atoms with Crippen LogP contribution in [0.2, 0.25) is 0 Å². The van der Waals surface area contributed by atoms with E-state index >= 15 is 0 Å². The molecule has 0 unspecified atom stereocenters. The minimum absolute atomic E-state index is 0.